The normalized spacial score (nSPS) is 19.0. The van der Waals surface area contributed by atoms with Crippen molar-refractivity contribution in [2.24, 2.45) is 0 Å². The van der Waals surface area contributed by atoms with Crippen LogP contribution in [0.15, 0.2) is 24.3 Å². The summed E-state index contributed by atoms with van der Waals surface area (Å²) in [6.45, 7) is 6.59. The monoisotopic (exact) mass is 322 g/mol. The maximum Gasteiger partial charge on any atom is 0.317 e. The van der Waals surface area contributed by atoms with Crippen molar-refractivity contribution in [2.75, 3.05) is 46.4 Å². The SMILES string of the molecule is CCOc1ccc(CN2CCOC(CN(C)CC(=O)O)C2)cc1. The van der Waals surface area contributed by atoms with Gasteiger partial charge in [0.15, 0.2) is 0 Å². The predicted octanol–water partition coefficient (Wildman–Crippen LogP) is 1.30. The Balaban J connectivity index is 1.82. The number of hydrogen-bond acceptors (Lipinski definition) is 5. The molecule has 1 heterocycles. The minimum Gasteiger partial charge on any atom is -0.494 e. The molecule has 1 unspecified atom stereocenters. The number of rotatable bonds is 8. The number of likely N-dealkylation sites (N-methyl/N-ethyl adjacent to an activating group) is 1. The van der Waals surface area contributed by atoms with Crippen LogP contribution in [0, 0.1) is 0 Å². The molecule has 0 aromatic heterocycles. The van der Waals surface area contributed by atoms with E-state index < -0.39 is 5.97 Å². The first-order chi connectivity index (χ1) is 11.1. The van der Waals surface area contributed by atoms with Crippen LogP contribution in [0.3, 0.4) is 0 Å². The molecule has 1 aliphatic heterocycles. The smallest absolute Gasteiger partial charge is 0.317 e. The van der Waals surface area contributed by atoms with Gasteiger partial charge in [-0.2, -0.15) is 0 Å². The van der Waals surface area contributed by atoms with E-state index in [-0.39, 0.29) is 12.6 Å². The van der Waals surface area contributed by atoms with Crippen molar-refractivity contribution >= 4 is 5.97 Å². The molecule has 0 radical (unpaired) electrons. The molecule has 0 bridgehead atoms. The zero-order valence-corrected chi connectivity index (χ0v) is 13.9. The first-order valence-electron chi connectivity index (χ1n) is 8.03. The average Bonchev–Trinajstić information content (AvgIpc) is 2.49. The lowest BCUT2D eigenvalue weighted by atomic mass is 10.1. The number of aliphatic carboxylic acids is 1. The summed E-state index contributed by atoms with van der Waals surface area (Å²) in [5.41, 5.74) is 1.24. The summed E-state index contributed by atoms with van der Waals surface area (Å²) in [5.74, 6) is 0.0842. The Morgan fingerprint density at radius 2 is 2.17 bits per heavy atom. The van der Waals surface area contributed by atoms with Crippen molar-refractivity contribution in [3.05, 3.63) is 29.8 Å². The molecule has 1 aromatic rings. The number of carbonyl (C=O) groups is 1. The van der Waals surface area contributed by atoms with Gasteiger partial charge in [-0.25, -0.2) is 0 Å². The van der Waals surface area contributed by atoms with Crippen LogP contribution in [-0.2, 0) is 16.1 Å². The number of carboxylic acids is 1. The number of morpholine rings is 1. The fourth-order valence-electron chi connectivity index (χ4n) is 2.79. The van der Waals surface area contributed by atoms with Gasteiger partial charge in [-0.05, 0) is 31.7 Å². The van der Waals surface area contributed by atoms with Gasteiger partial charge < -0.3 is 14.6 Å². The van der Waals surface area contributed by atoms with Crippen LogP contribution in [0.25, 0.3) is 0 Å². The average molecular weight is 322 g/mol. The van der Waals surface area contributed by atoms with Gasteiger partial charge in [-0.1, -0.05) is 12.1 Å². The van der Waals surface area contributed by atoms with Crippen LogP contribution in [0.1, 0.15) is 12.5 Å². The predicted molar refractivity (Wildman–Crippen MR) is 87.8 cm³/mol. The quantitative estimate of drug-likeness (QED) is 0.778. The van der Waals surface area contributed by atoms with Crippen LogP contribution in [0.5, 0.6) is 5.75 Å². The molecule has 0 aliphatic carbocycles. The number of benzene rings is 1. The van der Waals surface area contributed by atoms with E-state index in [4.69, 9.17) is 14.6 Å². The van der Waals surface area contributed by atoms with Gasteiger partial charge in [0.25, 0.3) is 0 Å². The highest BCUT2D eigenvalue weighted by Gasteiger charge is 2.22. The molecule has 1 saturated heterocycles. The lowest BCUT2D eigenvalue weighted by molar-refractivity contribution is -0.138. The number of carboxylic acid groups (broad SMARTS) is 1. The molecule has 1 aromatic carbocycles. The summed E-state index contributed by atoms with van der Waals surface area (Å²) in [7, 11) is 1.81. The molecular formula is C17H26N2O4. The maximum atomic E-state index is 10.7. The third-order valence-electron chi connectivity index (χ3n) is 3.78. The van der Waals surface area contributed by atoms with E-state index in [2.05, 4.69) is 17.0 Å². The molecule has 6 nitrogen and oxygen atoms in total. The van der Waals surface area contributed by atoms with Crippen molar-refractivity contribution < 1.29 is 19.4 Å². The molecular weight excluding hydrogens is 296 g/mol. The van der Waals surface area contributed by atoms with Crippen molar-refractivity contribution in [3.63, 3.8) is 0 Å². The summed E-state index contributed by atoms with van der Waals surface area (Å²) < 4.78 is 11.2. The minimum atomic E-state index is -0.811. The third kappa shape index (κ3) is 6.17. The first kappa shape index (κ1) is 17.7. The second-order valence-electron chi connectivity index (χ2n) is 5.90. The van der Waals surface area contributed by atoms with Crippen LogP contribution < -0.4 is 4.74 Å². The second-order valence-corrected chi connectivity index (χ2v) is 5.90. The highest BCUT2D eigenvalue weighted by atomic mass is 16.5. The minimum absolute atomic E-state index is 0.0404. The standard InChI is InChI=1S/C17H26N2O4/c1-3-22-15-6-4-14(5-7-15)10-19-8-9-23-16(12-19)11-18(2)13-17(20)21/h4-7,16H,3,8-13H2,1-2H3,(H,20,21). The Labute approximate surface area is 137 Å². The number of ether oxygens (including phenoxy) is 2. The fraction of sp³-hybridized carbons (Fsp3) is 0.588. The molecule has 1 fully saturated rings. The summed E-state index contributed by atoms with van der Waals surface area (Å²) in [5, 5.41) is 8.82. The lowest BCUT2D eigenvalue weighted by Gasteiger charge is -2.34. The van der Waals surface area contributed by atoms with E-state index in [0.717, 1.165) is 25.4 Å². The van der Waals surface area contributed by atoms with E-state index in [0.29, 0.717) is 19.8 Å². The van der Waals surface area contributed by atoms with Crippen LogP contribution in [0.4, 0.5) is 0 Å². The molecule has 6 heteroatoms. The van der Waals surface area contributed by atoms with Gasteiger partial charge in [0, 0.05) is 26.2 Å². The van der Waals surface area contributed by atoms with Crippen molar-refractivity contribution in [1.82, 2.24) is 9.80 Å². The van der Waals surface area contributed by atoms with Crippen molar-refractivity contribution in [1.29, 1.82) is 0 Å². The van der Waals surface area contributed by atoms with Crippen molar-refractivity contribution in [3.8, 4) is 5.75 Å². The molecule has 23 heavy (non-hydrogen) atoms. The molecule has 128 valence electrons. The Bertz CT molecular complexity index is 492. The van der Waals surface area contributed by atoms with Gasteiger partial charge >= 0.3 is 5.97 Å². The summed E-state index contributed by atoms with van der Waals surface area (Å²) in [4.78, 5) is 14.9. The molecule has 0 amide bonds. The van der Waals surface area contributed by atoms with Gasteiger partial charge in [-0.3, -0.25) is 14.6 Å². The zero-order valence-electron chi connectivity index (χ0n) is 13.9. The van der Waals surface area contributed by atoms with Gasteiger partial charge in [0.2, 0.25) is 0 Å². The van der Waals surface area contributed by atoms with Crippen LogP contribution in [-0.4, -0.2) is 73.4 Å². The summed E-state index contributed by atoms with van der Waals surface area (Å²) in [6, 6.07) is 8.17. The second kappa shape index (κ2) is 8.86. The number of hydrogen-bond donors (Lipinski definition) is 1. The third-order valence-corrected chi connectivity index (χ3v) is 3.78. The Morgan fingerprint density at radius 1 is 1.43 bits per heavy atom. The highest BCUT2D eigenvalue weighted by Crippen LogP contribution is 2.15. The lowest BCUT2D eigenvalue weighted by Crippen LogP contribution is -2.47. The van der Waals surface area contributed by atoms with E-state index in [1.54, 1.807) is 4.90 Å². The molecule has 1 aliphatic rings. The van der Waals surface area contributed by atoms with E-state index in [1.807, 2.05) is 26.1 Å². The van der Waals surface area contributed by atoms with Gasteiger partial charge in [0.1, 0.15) is 5.75 Å². The largest absolute Gasteiger partial charge is 0.494 e. The number of nitrogens with zero attached hydrogens (tertiary/aromatic N) is 2. The van der Waals surface area contributed by atoms with Crippen LogP contribution in [0.2, 0.25) is 0 Å². The Hall–Kier alpha value is -1.63. The van der Waals surface area contributed by atoms with E-state index >= 15 is 0 Å². The Morgan fingerprint density at radius 3 is 2.83 bits per heavy atom. The summed E-state index contributed by atoms with van der Waals surface area (Å²) in [6.07, 6.45) is 0.0517. The summed E-state index contributed by atoms with van der Waals surface area (Å²) >= 11 is 0. The highest BCUT2D eigenvalue weighted by molar-refractivity contribution is 5.69. The van der Waals surface area contributed by atoms with E-state index in [1.165, 1.54) is 5.56 Å². The topological polar surface area (TPSA) is 62.2 Å². The molecule has 1 atom stereocenters. The van der Waals surface area contributed by atoms with Crippen LogP contribution >= 0.6 is 0 Å². The maximum absolute atomic E-state index is 10.7. The zero-order chi connectivity index (χ0) is 16.7. The Kier molecular flexibility index (Phi) is 6.83. The van der Waals surface area contributed by atoms with Crippen molar-refractivity contribution in [2.45, 2.75) is 19.6 Å². The molecule has 2 rings (SSSR count). The molecule has 0 spiro atoms. The molecule has 1 N–H and O–H groups in total. The van der Waals surface area contributed by atoms with Gasteiger partial charge in [0.05, 0.1) is 25.9 Å². The van der Waals surface area contributed by atoms with Gasteiger partial charge in [-0.15, -0.1) is 0 Å². The first-order valence-corrected chi connectivity index (χ1v) is 8.03. The van der Waals surface area contributed by atoms with E-state index in [9.17, 15) is 4.79 Å². The fourth-order valence-corrected chi connectivity index (χ4v) is 2.79. The molecule has 0 saturated carbocycles.